The summed E-state index contributed by atoms with van der Waals surface area (Å²) >= 11 is 5.99. The van der Waals surface area contributed by atoms with E-state index in [0.29, 0.717) is 23.8 Å². The molecule has 0 aromatic heterocycles. The zero-order valence-corrected chi connectivity index (χ0v) is 15.5. The number of nitrogens with zero attached hydrogens (tertiary/aromatic N) is 3. The van der Waals surface area contributed by atoms with Crippen molar-refractivity contribution in [1.82, 2.24) is 4.90 Å². The fourth-order valence-electron chi connectivity index (χ4n) is 2.83. The van der Waals surface area contributed by atoms with Gasteiger partial charge in [-0.3, -0.25) is 9.69 Å². The number of carbonyl (C=O) groups is 2. The molecule has 0 aliphatic carbocycles. The quantitative estimate of drug-likeness (QED) is 0.876. The lowest BCUT2D eigenvalue weighted by atomic mass is 10.2. The first-order valence-corrected chi connectivity index (χ1v) is 8.71. The second kappa shape index (κ2) is 7.66. The van der Waals surface area contributed by atoms with Gasteiger partial charge in [-0.15, -0.1) is 0 Å². The molecule has 1 aliphatic rings. The number of urea groups is 1. The van der Waals surface area contributed by atoms with Crippen LogP contribution in [0.2, 0.25) is 5.02 Å². The van der Waals surface area contributed by atoms with Crippen LogP contribution in [0, 0.1) is 0 Å². The predicted octanol–water partition coefficient (Wildman–Crippen LogP) is 3.29. The van der Waals surface area contributed by atoms with Crippen LogP contribution in [0.25, 0.3) is 0 Å². The number of nitrogens with one attached hydrogen (secondary N) is 1. The molecule has 3 rings (SSSR count). The van der Waals surface area contributed by atoms with Gasteiger partial charge in [0.1, 0.15) is 6.54 Å². The maximum Gasteiger partial charge on any atom is 0.325 e. The van der Waals surface area contributed by atoms with Crippen molar-refractivity contribution in [3.8, 4) is 0 Å². The van der Waals surface area contributed by atoms with E-state index in [2.05, 4.69) is 5.32 Å². The second-order valence-corrected chi connectivity index (χ2v) is 6.76. The smallest absolute Gasteiger partial charge is 0.325 e. The normalized spacial score (nSPS) is 13.9. The highest BCUT2D eigenvalue weighted by molar-refractivity contribution is 6.30. The minimum Gasteiger partial charge on any atom is -0.378 e. The molecule has 3 amide bonds. The lowest BCUT2D eigenvalue weighted by Gasteiger charge is -2.19. The summed E-state index contributed by atoms with van der Waals surface area (Å²) in [5.41, 5.74) is 2.50. The minimum atomic E-state index is -0.219. The molecule has 0 saturated carbocycles. The van der Waals surface area contributed by atoms with Crippen LogP contribution in [0.4, 0.5) is 21.9 Å². The van der Waals surface area contributed by atoms with Gasteiger partial charge in [-0.2, -0.15) is 0 Å². The van der Waals surface area contributed by atoms with Gasteiger partial charge in [0.25, 0.3) is 0 Å². The van der Waals surface area contributed by atoms with E-state index in [4.69, 9.17) is 11.6 Å². The van der Waals surface area contributed by atoms with Crippen LogP contribution >= 0.6 is 11.6 Å². The van der Waals surface area contributed by atoms with Crippen molar-refractivity contribution in [2.45, 2.75) is 0 Å². The van der Waals surface area contributed by atoms with Gasteiger partial charge in [-0.05, 0) is 42.5 Å². The lowest BCUT2D eigenvalue weighted by molar-refractivity contribution is -0.116. The fourth-order valence-corrected chi connectivity index (χ4v) is 3.01. The summed E-state index contributed by atoms with van der Waals surface area (Å²) in [6.07, 6.45) is 0. The summed E-state index contributed by atoms with van der Waals surface area (Å²) in [5, 5.41) is 3.40. The first-order valence-electron chi connectivity index (χ1n) is 8.33. The number of halogens is 1. The molecule has 0 spiro atoms. The number of rotatable bonds is 5. The van der Waals surface area contributed by atoms with E-state index in [0.717, 1.165) is 11.4 Å². The molecule has 1 heterocycles. The third-order valence-electron chi connectivity index (χ3n) is 4.22. The third kappa shape index (κ3) is 4.08. The van der Waals surface area contributed by atoms with Crippen molar-refractivity contribution in [1.29, 1.82) is 0 Å². The zero-order chi connectivity index (χ0) is 18.7. The molecule has 26 heavy (non-hydrogen) atoms. The van der Waals surface area contributed by atoms with Gasteiger partial charge < -0.3 is 15.1 Å². The van der Waals surface area contributed by atoms with Crippen molar-refractivity contribution in [3.05, 3.63) is 53.6 Å². The summed E-state index contributed by atoms with van der Waals surface area (Å²) in [4.78, 5) is 30.0. The van der Waals surface area contributed by atoms with E-state index in [9.17, 15) is 9.59 Å². The summed E-state index contributed by atoms with van der Waals surface area (Å²) in [5.74, 6) is -0.219. The Morgan fingerprint density at radius 1 is 1.15 bits per heavy atom. The number of hydrogen-bond donors (Lipinski definition) is 1. The van der Waals surface area contributed by atoms with Crippen LogP contribution in [0.3, 0.4) is 0 Å². The van der Waals surface area contributed by atoms with E-state index in [1.165, 1.54) is 4.90 Å². The molecule has 1 fully saturated rings. The highest BCUT2D eigenvalue weighted by atomic mass is 35.5. The van der Waals surface area contributed by atoms with E-state index in [-0.39, 0.29) is 18.5 Å². The molecule has 1 N–H and O–H groups in total. The Morgan fingerprint density at radius 2 is 1.88 bits per heavy atom. The number of benzene rings is 2. The zero-order valence-electron chi connectivity index (χ0n) is 14.8. The van der Waals surface area contributed by atoms with E-state index in [1.807, 2.05) is 49.3 Å². The van der Waals surface area contributed by atoms with Crippen LogP contribution in [-0.2, 0) is 4.79 Å². The van der Waals surface area contributed by atoms with Crippen LogP contribution in [0.15, 0.2) is 48.5 Å². The Bertz CT molecular complexity index is 807. The van der Waals surface area contributed by atoms with E-state index < -0.39 is 0 Å². The van der Waals surface area contributed by atoms with Gasteiger partial charge in [0.05, 0.1) is 0 Å². The summed E-state index contributed by atoms with van der Waals surface area (Å²) in [6, 6.07) is 14.5. The largest absolute Gasteiger partial charge is 0.378 e. The molecule has 1 aliphatic heterocycles. The number of anilines is 3. The second-order valence-electron chi connectivity index (χ2n) is 6.33. The van der Waals surface area contributed by atoms with E-state index >= 15 is 0 Å². The Labute approximate surface area is 157 Å². The standard InChI is InChI=1S/C19H21ClN4O2/c1-22(2)16-8-6-15(7-9-16)21-18(25)13-23-10-11-24(19(23)26)17-5-3-4-14(20)12-17/h3-9,12H,10-11,13H2,1-2H3,(H,21,25). The van der Waals surface area contributed by atoms with Gasteiger partial charge in [0.15, 0.2) is 0 Å². The number of carbonyl (C=O) groups excluding carboxylic acids is 2. The maximum absolute atomic E-state index is 12.5. The van der Waals surface area contributed by atoms with Crippen molar-refractivity contribution in [2.75, 3.05) is 48.8 Å². The average molecular weight is 373 g/mol. The SMILES string of the molecule is CN(C)c1ccc(NC(=O)CN2CCN(c3cccc(Cl)c3)C2=O)cc1. The van der Waals surface area contributed by atoms with E-state index in [1.54, 1.807) is 23.1 Å². The molecular weight excluding hydrogens is 352 g/mol. The Morgan fingerprint density at radius 3 is 2.54 bits per heavy atom. The minimum absolute atomic E-state index is 0.0192. The summed E-state index contributed by atoms with van der Waals surface area (Å²) < 4.78 is 0. The number of amides is 3. The van der Waals surface area contributed by atoms with Crippen LogP contribution in [0.5, 0.6) is 0 Å². The van der Waals surface area contributed by atoms with Gasteiger partial charge in [-0.1, -0.05) is 17.7 Å². The van der Waals surface area contributed by atoms with Crippen LogP contribution in [0.1, 0.15) is 0 Å². The highest BCUT2D eigenvalue weighted by Gasteiger charge is 2.30. The van der Waals surface area contributed by atoms with Gasteiger partial charge >= 0.3 is 6.03 Å². The number of hydrogen-bond acceptors (Lipinski definition) is 3. The molecule has 7 heteroatoms. The molecular formula is C19H21ClN4O2. The third-order valence-corrected chi connectivity index (χ3v) is 4.45. The fraction of sp³-hybridized carbons (Fsp3) is 0.263. The van der Waals surface area contributed by atoms with Crippen molar-refractivity contribution >= 4 is 40.6 Å². The molecule has 0 atom stereocenters. The lowest BCUT2D eigenvalue weighted by Crippen LogP contribution is -2.37. The van der Waals surface area contributed by atoms with Gasteiger partial charge in [0.2, 0.25) is 5.91 Å². The molecule has 6 nitrogen and oxygen atoms in total. The van der Waals surface area contributed by atoms with Gasteiger partial charge in [0, 0.05) is 49.3 Å². The summed E-state index contributed by atoms with van der Waals surface area (Å²) in [6.45, 7) is 1.05. The molecule has 2 aromatic rings. The monoisotopic (exact) mass is 372 g/mol. The van der Waals surface area contributed by atoms with Gasteiger partial charge in [-0.25, -0.2) is 4.79 Å². The molecule has 0 radical (unpaired) electrons. The topological polar surface area (TPSA) is 55.9 Å². The maximum atomic E-state index is 12.5. The molecule has 1 saturated heterocycles. The average Bonchev–Trinajstić information content (AvgIpc) is 2.96. The predicted molar refractivity (Wildman–Crippen MR) is 105 cm³/mol. The Kier molecular flexibility index (Phi) is 5.32. The van der Waals surface area contributed by atoms with Crippen molar-refractivity contribution in [3.63, 3.8) is 0 Å². The molecule has 2 aromatic carbocycles. The van der Waals surface area contributed by atoms with Crippen molar-refractivity contribution in [2.24, 2.45) is 0 Å². The summed E-state index contributed by atoms with van der Waals surface area (Å²) in [7, 11) is 3.91. The van der Waals surface area contributed by atoms with Crippen LogP contribution in [-0.4, -0.2) is 50.6 Å². The molecule has 0 bridgehead atoms. The Balaban J connectivity index is 1.59. The first kappa shape index (κ1) is 18.1. The van der Waals surface area contributed by atoms with Crippen molar-refractivity contribution < 1.29 is 9.59 Å². The highest BCUT2D eigenvalue weighted by Crippen LogP contribution is 2.23. The molecule has 0 unspecified atom stereocenters. The van der Waals surface area contributed by atoms with Crippen LogP contribution < -0.4 is 15.1 Å². The molecule has 136 valence electrons. The Hall–Kier alpha value is -2.73. The first-order chi connectivity index (χ1) is 12.4.